The number of anilines is 1. The van der Waals surface area contributed by atoms with E-state index in [4.69, 9.17) is 0 Å². The van der Waals surface area contributed by atoms with E-state index < -0.39 is 29.5 Å². The van der Waals surface area contributed by atoms with Gasteiger partial charge in [-0.25, -0.2) is 0 Å². The van der Waals surface area contributed by atoms with Gasteiger partial charge in [-0.3, -0.25) is 14.4 Å². The lowest BCUT2D eigenvalue weighted by atomic mass is 9.97. The van der Waals surface area contributed by atoms with Gasteiger partial charge >= 0.3 is 12.1 Å². The van der Waals surface area contributed by atoms with Crippen molar-refractivity contribution in [2.75, 3.05) is 5.32 Å². The number of carbonyl (C=O) groups excluding carboxylic acids is 2. The van der Waals surface area contributed by atoms with E-state index in [1.165, 1.54) is 36.4 Å². The van der Waals surface area contributed by atoms with Gasteiger partial charge in [0.1, 0.15) is 0 Å². The highest BCUT2D eigenvalue weighted by Gasteiger charge is 2.30. The van der Waals surface area contributed by atoms with Gasteiger partial charge in [0.05, 0.1) is 23.2 Å². The van der Waals surface area contributed by atoms with Crippen molar-refractivity contribution in [2.24, 2.45) is 0 Å². The van der Waals surface area contributed by atoms with Gasteiger partial charge < -0.3 is 15.7 Å². The van der Waals surface area contributed by atoms with E-state index in [2.05, 4.69) is 10.6 Å². The van der Waals surface area contributed by atoms with Gasteiger partial charge in [0.15, 0.2) is 0 Å². The molecule has 0 bridgehead atoms. The number of amides is 2. The third-order valence-corrected chi connectivity index (χ3v) is 5.92. The summed E-state index contributed by atoms with van der Waals surface area (Å²) in [7, 11) is 0. The molecule has 0 radical (unpaired) electrons. The van der Waals surface area contributed by atoms with Crippen LogP contribution in [0.4, 0.5) is 18.9 Å². The van der Waals surface area contributed by atoms with Crippen molar-refractivity contribution in [3.63, 3.8) is 0 Å². The molecule has 3 N–H and O–H groups in total. The molecule has 0 spiro atoms. The molecule has 39 heavy (non-hydrogen) atoms. The molecule has 0 heterocycles. The van der Waals surface area contributed by atoms with Crippen LogP contribution in [0, 0.1) is 0 Å². The van der Waals surface area contributed by atoms with Crippen LogP contribution in [0.5, 0.6) is 0 Å². The van der Waals surface area contributed by atoms with Crippen molar-refractivity contribution in [3.05, 3.63) is 125 Å². The lowest BCUT2D eigenvalue weighted by Crippen LogP contribution is -2.25. The van der Waals surface area contributed by atoms with Crippen LogP contribution in [0.2, 0.25) is 0 Å². The van der Waals surface area contributed by atoms with Crippen molar-refractivity contribution in [1.29, 1.82) is 0 Å². The zero-order valence-electron chi connectivity index (χ0n) is 20.5. The minimum absolute atomic E-state index is 0.0741. The fourth-order valence-corrected chi connectivity index (χ4v) is 4.01. The monoisotopic (exact) mass is 532 g/mol. The van der Waals surface area contributed by atoms with Crippen LogP contribution < -0.4 is 10.6 Å². The van der Waals surface area contributed by atoms with Crippen molar-refractivity contribution >= 4 is 23.5 Å². The maximum Gasteiger partial charge on any atom is 0.416 e. The SMILES string of the molecule is O=C(O)Cc1ccc(NC(=O)c2ccccc2-c2ccc(C(F)(F)F)cc2)c(C(=O)NCc2ccccc2)c1. The molecule has 4 rings (SSSR count). The topological polar surface area (TPSA) is 95.5 Å². The summed E-state index contributed by atoms with van der Waals surface area (Å²) in [5.74, 6) is -2.18. The molecule has 0 atom stereocenters. The van der Waals surface area contributed by atoms with Gasteiger partial charge in [0, 0.05) is 12.1 Å². The standard InChI is InChI=1S/C30H23F3N2O4/c31-30(32,33)22-13-11-21(12-14-22)23-8-4-5-9-24(23)29(39)35-26-15-10-20(17-27(36)37)16-25(26)28(38)34-18-19-6-2-1-3-7-19/h1-16H,17-18H2,(H,34,38)(H,35,39)(H,36,37). The number of rotatable bonds is 8. The molecule has 0 saturated heterocycles. The Balaban J connectivity index is 1.62. The molecular formula is C30H23F3N2O4. The number of aliphatic carboxylic acids is 1. The van der Waals surface area contributed by atoms with E-state index in [1.54, 1.807) is 18.2 Å². The molecule has 0 unspecified atom stereocenters. The fourth-order valence-electron chi connectivity index (χ4n) is 4.01. The summed E-state index contributed by atoms with van der Waals surface area (Å²) in [6.07, 6.45) is -4.80. The Morgan fingerprint density at radius 1 is 0.718 bits per heavy atom. The number of carbonyl (C=O) groups is 3. The molecule has 0 aliphatic carbocycles. The maximum atomic E-state index is 13.3. The Morgan fingerprint density at radius 2 is 1.38 bits per heavy atom. The average molecular weight is 533 g/mol. The van der Waals surface area contributed by atoms with E-state index in [1.807, 2.05) is 30.3 Å². The van der Waals surface area contributed by atoms with Crippen molar-refractivity contribution in [3.8, 4) is 11.1 Å². The van der Waals surface area contributed by atoms with Gasteiger partial charge in [-0.2, -0.15) is 13.2 Å². The predicted octanol–water partition coefficient (Wildman–Crippen LogP) is 6.18. The second kappa shape index (κ2) is 11.6. The molecular weight excluding hydrogens is 509 g/mol. The van der Waals surface area contributed by atoms with Crippen LogP contribution in [0.15, 0.2) is 97.1 Å². The number of hydrogen-bond acceptors (Lipinski definition) is 3. The summed E-state index contributed by atoms with van der Waals surface area (Å²) >= 11 is 0. The first-order chi connectivity index (χ1) is 18.6. The summed E-state index contributed by atoms with van der Waals surface area (Å²) in [5, 5.41) is 14.7. The van der Waals surface area contributed by atoms with Crippen LogP contribution in [0.25, 0.3) is 11.1 Å². The third-order valence-electron chi connectivity index (χ3n) is 5.92. The quantitative estimate of drug-likeness (QED) is 0.253. The zero-order chi connectivity index (χ0) is 28.0. The van der Waals surface area contributed by atoms with Crippen molar-refractivity contribution in [1.82, 2.24) is 5.32 Å². The number of nitrogens with one attached hydrogen (secondary N) is 2. The highest BCUT2D eigenvalue weighted by Crippen LogP contribution is 2.32. The summed E-state index contributed by atoms with van der Waals surface area (Å²) in [5.41, 5.74) is 1.64. The second-order valence-corrected chi connectivity index (χ2v) is 8.69. The maximum absolute atomic E-state index is 13.3. The van der Waals surface area contributed by atoms with Crippen molar-refractivity contribution < 1.29 is 32.7 Å². The predicted molar refractivity (Wildman–Crippen MR) is 140 cm³/mol. The van der Waals surface area contributed by atoms with Gasteiger partial charge in [-0.15, -0.1) is 0 Å². The van der Waals surface area contributed by atoms with Crippen molar-refractivity contribution in [2.45, 2.75) is 19.1 Å². The number of alkyl halides is 3. The summed E-state index contributed by atoms with van der Waals surface area (Å²) < 4.78 is 39.0. The number of benzene rings is 4. The number of carboxylic acids is 1. The first-order valence-electron chi connectivity index (χ1n) is 11.9. The van der Waals surface area contributed by atoms with Gasteiger partial charge in [-0.1, -0.05) is 66.7 Å². The second-order valence-electron chi connectivity index (χ2n) is 8.69. The van der Waals surface area contributed by atoms with E-state index in [0.29, 0.717) is 16.7 Å². The first kappa shape index (κ1) is 27.1. The number of carboxylic acid groups (broad SMARTS) is 1. The smallest absolute Gasteiger partial charge is 0.416 e. The molecule has 0 aliphatic rings. The summed E-state index contributed by atoms with van der Waals surface area (Å²) in [6.45, 7) is 0.215. The molecule has 9 heteroatoms. The molecule has 4 aromatic rings. The Morgan fingerprint density at radius 3 is 2.05 bits per heavy atom. The van der Waals surface area contributed by atoms with Crippen LogP contribution in [0.1, 0.15) is 37.4 Å². The highest BCUT2D eigenvalue weighted by atomic mass is 19.4. The minimum Gasteiger partial charge on any atom is -0.481 e. The van der Waals surface area contributed by atoms with Gasteiger partial charge in [0.2, 0.25) is 0 Å². The van der Waals surface area contributed by atoms with E-state index in [0.717, 1.165) is 17.7 Å². The zero-order valence-corrected chi connectivity index (χ0v) is 20.5. The molecule has 0 aromatic heterocycles. The molecule has 198 valence electrons. The van der Waals surface area contributed by atoms with Crippen LogP contribution in [-0.4, -0.2) is 22.9 Å². The lowest BCUT2D eigenvalue weighted by Gasteiger charge is -2.15. The summed E-state index contributed by atoms with van der Waals surface area (Å²) in [6, 6.07) is 24.4. The van der Waals surface area contributed by atoms with Crippen LogP contribution >= 0.6 is 0 Å². The average Bonchev–Trinajstić information content (AvgIpc) is 2.92. The Hall–Kier alpha value is -4.92. The van der Waals surface area contributed by atoms with E-state index in [9.17, 15) is 32.7 Å². The molecule has 0 aliphatic heterocycles. The largest absolute Gasteiger partial charge is 0.481 e. The highest BCUT2D eigenvalue weighted by molar-refractivity contribution is 6.12. The number of halogens is 3. The Labute approximate surface area is 222 Å². The molecule has 4 aromatic carbocycles. The van der Waals surface area contributed by atoms with Gasteiger partial charge in [-0.05, 0) is 52.6 Å². The van der Waals surface area contributed by atoms with Crippen LogP contribution in [0.3, 0.4) is 0 Å². The third kappa shape index (κ3) is 6.89. The van der Waals surface area contributed by atoms with E-state index in [-0.39, 0.29) is 29.8 Å². The first-order valence-corrected chi connectivity index (χ1v) is 11.9. The molecule has 0 saturated carbocycles. The molecule has 0 fully saturated rings. The van der Waals surface area contributed by atoms with Crippen LogP contribution in [-0.2, 0) is 23.9 Å². The minimum atomic E-state index is -4.49. The normalized spacial score (nSPS) is 11.1. The molecule has 6 nitrogen and oxygen atoms in total. The Kier molecular flexibility index (Phi) is 8.10. The Bertz CT molecular complexity index is 1500. The number of hydrogen-bond donors (Lipinski definition) is 3. The van der Waals surface area contributed by atoms with Gasteiger partial charge in [0.25, 0.3) is 11.8 Å². The van der Waals surface area contributed by atoms with E-state index >= 15 is 0 Å². The fraction of sp³-hybridized carbons (Fsp3) is 0.100. The lowest BCUT2D eigenvalue weighted by molar-refractivity contribution is -0.138. The summed E-state index contributed by atoms with van der Waals surface area (Å²) in [4.78, 5) is 37.7. The molecule has 2 amide bonds.